The minimum absolute atomic E-state index is 0.106. The zero-order valence-corrected chi connectivity index (χ0v) is 12.7. The Labute approximate surface area is 125 Å². The Morgan fingerprint density at radius 3 is 3.05 bits per heavy atom. The van der Waals surface area contributed by atoms with Gasteiger partial charge in [0.25, 0.3) is 5.91 Å². The lowest BCUT2D eigenvalue weighted by atomic mass is 10.0. The second-order valence-corrected chi connectivity index (χ2v) is 5.94. The zero-order chi connectivity index (χ0) is 14.8. The summed E-state index contributed by atoms with van der Waals surface area (Å²) >= 11 is 0. The van der Waals surface area contributed by atoms with Gasteiger partial charge in [-0.15, -0.1) is 0 Å². The number of ether oxygens (including phenoxy) is 2. The summed E-state index contributed by atoms with van der Waals surface area (Å²) in [6, 6.07) is 6.08. The van der Waals surface area contributed by atoms with Crippen LogP contribution in [-0.4, -0.2) is 55.7 Å². The summed E-state index contributed by atoms with van der Waals surface area (Å²) in [5.41, 5.74) is 1.68. The van der Waals surface area contributed by atoms with Crippen LogP contribution in [0.1, 0.15) is 28.8 Å². The standard InChI is InChI=1S/C16H22N2O3/c1-17(2)14-4-3-7-18(9-14)16(19)12-5-6-15-13(8-12)10-20-11-21-15/h5-6,8,14H,3-4,7,9-11H2,1-2H3/t14-/m1/s1. The largest absolute Gasteiger partial charge is 0.467 e. The number of carbonyl (C=O) groups is 1. The molecule has 1 fully saturated rings. The molecule has 1 aromatic rings. The van der Waals surface area contributed by atoms with E-state index in [-0.39, 0.29) is 12.7 Å². The first-order valence-corrected chi connectivity index (χ1v) is 7.44. The van der Waals surface area contributed by atoms with E-state index in [1.165, 1.54) is 0 Å². The number of amides is 1. The molecular formula is C16H22N2O3. The SMILES string of the molecule is CN(C)[C@@H]1CCCN(C(=O)c2ccc3c(c2)COCO3)C1. The summed E-state index contributed by atoms with van der Waals surface area (Å²) in [7, 11) is 4.15. The van der Waals surface area contributed by atoms with Gasteiger partial charge in [0.05, 0.1) is 6.61 Å². The van der Waals surface area contributed by atoms with Gasteiger partial charge in [-0.3, -0.25) is 4.79 Å². The Bertz CT molecular complexity index is 530. The fourth-order valence-electron chi connectivity index (χ4n) is 2.97. The topological polar surface area (TPSA) is 42.0 Å². The summed E-state index contributed by atoms with van der Waals surface area (Å²) in [6.07, 6.45) is 2.22. The highest BCUT2D eigenvalue weighted by atomic mass is 16.7. The van der Waals surface area contributed by atoms with Gasteiger partial charge >= 0.3 is 0 Å². The number of fused-ring (bicyclic) bond motifs is 1. The lowest BCUT2D eigenvalue weighted by molar-refractivity contribution is -0.0164. The molecule has 0 aliphatic carbocycles. The van der Waals surface area contributed by atoms with Crippen LogP contribution in [0.2, 0.25) is 0 Å². The molecule has 0 N–H and O–H groups in total. The normalized spacial score (nSPS) is 21.9. The van der Waals surface area contributed by atoms with E-state index in [1.807, 2.05) is 23.1 Å². The molecular weight excluding hydrogens is 268 g/mol. The highest BCUT2D eigenvalue weighted by Crippen LogP contribution is 2.25. The Hall–Kier alpha value is -1.59. The van der Waals surface area contributed by atoms with Crippen LogP contribution in [0.5, 0.6) is 5.75 Å². The second-order valence-electron chi connectivity index (χ2n) is 5.94. The lowest BCUT2D eigenvalue weighted by Crippen LogP contribution is -2.47. The number of likely N-dealkylation sites (tertiary alicyclic amines) is 1. The predicted octanol–water partition coefficient (Wildman–Crippen LogP) is 1.72. The molecule has 0 saturated carbocycles. The average Bonchev–Trinajstić information content (AvgIpc) is 2.53. The Morgan fingerprint density at radius 2 is 2.24 bits per heavy atom. The number of carbonyl (C=O) groups excluding carboxylic acids is 1. The highest BCUT2D eigenvalue weighted by molar-refractivity contribution is 5.94. The third kappa shape index (κ3) is 3.04. The third-order valence-corrected chi connectivity index (χ3v) is 4.28. The summed E-state index contributed by atoms with van der Waals surface area (Å²) < 4.78 is 10.7. The summed E-state index contributed by atoms with van der Waals surface area (Å²) in [5.74, 6) is 0.928. The predicted molar refractivity (Wildman–Crippen MR) is 79.3 cm³/mol. The van der Waals surface area contributed by atoms with E-state index < -0.39 is 0 Å². The van der Waals surface area contributed by atoms with Crippen molar-refractivity contribution in [2.45, 2.75) is 25.5 Å². The monoisotopic (exact) mass is 290 g/mol. The van der Waals surface area contributed by atoms with E-state index in [4.69, 9.17) is 9.47 Å². The molecule has 0 bridgehead atoms. The fourth-order valence-corrected chi connectivity index (χ4v) is 2.97. The molecule has 114 valence electrons. The molecule has 2 aliphatic rings. The van der Waals surface area contributed by atoms with Crippen molar-refractivity contribution in [2.75, 3.05) is 34.0 Å². The van der Waals surface area contributed by atoms with Crippen LogP contribution >= 0.6 is 0 Å². The maximum Gasteiger partial charge on any atom is 0.253 e. The zero-order valence-electron chi connectivity index (χ0n) is 12.7. The number of piperidine rings is 1. The van der Waals surface area contributed by atoms with Crippen molar-refractivity contribution in [3.8, 4) is 5.75 Å². The summed E-state index contributed by atoms with van der Waals surface area (Å²) in [4.78, 5) is 16.8. The fraction of sp³-hybridized carbons (Fsp3) is 0.562. The molecule has 1 amide bonds. The van der Waals surface area contributed by atoms with Crippen LogP contribution in [0.4, 0.5) is 0 Å². The van der Waals surface area contributed by atoms with E-state index in [0.717, 1.165) is 42.8 Å². The number of benzene rings is 1. The molecule has 1 atom stereocenters. The first-order chi connectivity index (χ1) is 10.1. The number of rotatable bonds is 2. The minimum Gasteiger partial charge on any atom is -0.467 e. The molecule has 3 rings (SSSR count). The number of hydrogen-bond acceptors (Lipinski definition) is 4. The molecule has 0 aromatic heterocycles. The van der Waals surface area contributed by atoms with Gasteiger partial charge in [-0.1, -0.05) is 0 Å². The van der Waals surface area contributed by atoms with E-state index in [0.29, 0.717) is 12.6 Å². The molecule has 1 aromatic carbocycles. The van der Waals surface area contributed by atoms with Gasteiger partial charge in [-0.25, -0.2) is 0 Å². The van der Waals surface area contributed by atoms with Crippen molar-refractivity contribution in [3.05, 3.63) is 29.3 Å². The van der Waals surface area contributed by atoms with Crippen molar-refractivity contribution in [1.29, 1.82) is 0 Å². The van der Waals surface area contributed by atoms with Crippen LogP contribution in [0, 0.1) is 0 Å². The highest BCUT2D eigenvalue weighted by Gasteiger charge is 2.26. The molecule has 0 spiro atoms. The Morgan fingerprint density at radius 1 is 1.38 bits per heavy atom. The maximum atomic E-state index is 12.7. The lowest BCUT2D eigenvalue weighted by Gasteiger charge is -2.36. The molecule has 21 heavy (non-hydrogen) atoms. The quantitative estimate of drug-likeness (QED) is 0.832. The molecule has 0 unspecified atom stereocenters. The smallest absolute Gasteiger partial charge is 0.253 e. The minimum atomic E-state index is 0.106. The van der Waals surface area contributed by atoms with Gasteiger partial charge in [-0.2, -0.15) is 0 Å². The molecule has 2 aliphatic heterocycles. The first-order valence-electron chi connectivity index (χ1n) is 7.44. The summed E-state index contributed by atoms with van der Waals surface area (Å²) in [6.45, 7) is 2.44. The Kier molecular flexibility index (Phi) is 4.12. The maximum absolute atomic E-state index is 12.7. The Balaban J connectivity index is 1.75. The molecule has 5 heteroatoms. The van der Waals surface area contributed by atoms with E-state index in [1.54, 1.807) is 0 Å². The van der Waals surface area contributed by atoms with Crippen molar-refractivity contribution >= 4 is 5.91 Å². The van der Waals surface area contributed by atoms with Crippen molar-refractivity contribution in [3.63, 3.8) is 0 Å². The van der Waals surface area contributed by atoms with Gasteiger partial charge < -0.3 is 19.3 Å². The van der Waals surface area contributed by atoms with Crippen LogP contribution in [0.25, 0.3) is 0 Å². The van der Waals surface area contributed by atoms with Crippen molar-refractivity contribution in [2.24, 2.45) is 0 Å². The molecule has 0 radical (unpaired) electrons. The van der Waals surface area contributed by atoms with Crippen LogP contribution in [-0.2, 0) is 11.3 Å². The van der Waals surface area contributed by atoms with Crippen LogP contribution in [0.3, 0.4) is 0 Å². The van der Waals surface area contributed by atoms with Gasteiger partial charge in [0.2, 0.25) is 0 Å². The third-order valence-electron chi connectivity index (χ3n) is 4.28. The van der Waals surface area contributed by atoms with E-state index in [2.05, 4.69) is 19.0 Å². The molecule has 2 heterocycles. The van der Waals surface area contributed by atoms with E-state index in [9.17, 15) is 4.79 Å². The molecule has 1 saturated heterocycles. The van der Waals surface area contributed by atoms with Gasteiger partial charge in [0.15, 0.2) is 6.79 Å². The van der Waals surface area contributed by atoms with Gasteiger partial charge in [0.1, 0.15) is 5.75 Å². The van der Waals surface area contributed by atoms with Crippen LogP contribution in [0.15, 0.2) is 18.2 Å². The van der Waals surface area contributed by atoms with E-state index >= 15 is 0 Å². The number of hydrogen-bond donors (Lipinski definition) is 0. The van der Waals surface area contributed by atoms with Gasteiger partial charge in [-0.05, 0) is 45.1 Å². The summed E-state index contributed by atoms with van der Waals surface area (Å²) in [5, 5.41) is 0. The average molecular weight is 290 g/mol. The number of nitrogens with zero attached hydrogens (tertiary/aromatic N) is 2. The molecule has 5 nitrogen and oxygen atoms in total. The van der Waals surface area contributed by atoms with Crippen molar-refractivity contribution < 1.29 is 14.3 Å². The number of likely N-dealkylation sites (N-methyl/N-ethyl adjacent to an activating group) is 1. The first kappa shape index (κ1) is 14.4. The van der Waals surface area contributed by atoms with Crippen LogP contribution < -0.4 is 4.74 Å². The van der Waals surface area contributed by atoms with Gasteiger partial charge in [0, 0.05) is 30.3 Å². The van der Waals surface area contributed by atoms with Crippen molar-refractivity contribution in [1.82, 2.24) is 9.80 Å². The second kappa shape index (κ2) is 6.03.